The third-order valence-electron chi connectivity index (χ3n) is 4.19. The minimum atomic E-state index is -0.951. The standard InChI is InChI=1S/C17H23NO6.C2H6/c1-22-13-8-11(9-14(23-2)16(13)24-3)10-15(19)18-7-5-4-6-12(18)17(20)21;1-2/h8-9,12H,4-7,10H2,1-3H3,(H,20,21);1-2H3. The van der Waals surface area contributed by atoms with E-state index in [1.807, 2.05) is 13.8 Å². The highest BCUT2D eigenvalue weighted by atomic mass is 16.5. The first-order chi connectivity index (χ1) is 12.5. The minimum Gasteiger partial charge on any atom is -0.493 e. The molecule has 1 atom stereocenters. The quantitative estimate of drug-likeness (QED) is 0.832. The fraction of sp³-hybridized carbons (Fsp3) is 0.579. The zero-order valence-corrected chi connectivity index (χ0v) is 16.2. The van der Waals surface area contributed by atoms with Crippen molar-refractivity contribution in [2.75, 3.05) is 27.9 Å². The molecular weight excluding hydrogens is 338 g/mol. The zero-order valence-electron chi connectivity index (χ0n) is 16.2. The molecule has 1 aromatic rings. The molecule has 0 spiro atoms. The normalized spacial score (nSPS) is 16.2. The third kappa shape index (κ3) is 5.03. The van der Waals surface area contributed by atoms with Crippen LogP contribution >= 0.6 is 0 Å². The molecule has 1 fully saturated rings. The Labute approximate surface area is 154 Å². The van der Waals surface area contributed by atoms with E-state index in [1.165, 1.54) is 26.2 Å². The maximum absolute atomic E-state index is 12.6. The van der Waals surface area contributed by atoms with Crippen LogP contribution in [0.25, 0.3) is 0 Å². The molecule has 2 rings (SSSR count). The number of hydrogen-bond donors (Lipinski definition) is 1. The smallest absolute Gasteiger partial charge is 0.326 e. The van der Waals surface area contributed by atoms with E-state index in [-0.39, 0.29) is 12.3 Å². The maximum atomic E-state index is 12.6. The molecule has 1 unspecified atom stereocenters. The number of rotatable bonds is 6. The molecule has 0 aliphatic carbocycles. The largest absolute Gasteiger partial charge is 0.493 e. The number of aliphatic carboxylic acids is 1. The summed E-state index contributed by atoms with van der Waals surface area (Å²) in [5.74, 6) is 0.225. The van der Waals surface area contributed by atoms with Crippen LogP contribution in [0.15, 0.2) is 12.1 Å². The summed E-state index contributed by atoms with van der Waals surface area (Å²) in [6.07, 6.45) is 2.23. The maximum Gasteiger partial charge on any atom is 0.326 e. The van der Waals surface area contributed by atoms with Crippen molar-refractivity contribution in [2.45, 2.75) is 45.6 Å². The van der Waals surface area contributed by atoms with Gasteiger partial charge in [-0.2, -0.15) is 0 Å². The summed E-state index contributed by atoms with van der Waals surface area (Å²) in [4.78, 5) is 25.4. The van der Waals surface area contributed by atoms with Crippen molar-refractivity contribution < 1.29 is 28.9 Å². The van der Waals surface area contributed by atoms with Crippen LogP contribution in [0.4, 0.5) is 0 Å². The van der Waals surface area contributed by atoms with Crippen molar-refractivity contribution >= 4 is 11.9 Å². The minimum absolute atomic E-state index is 0.0838. The van der Waals surface area contributed by atoms with Crippen molar-refractivity contribution in [1.29, 1.82) is 0 Å². The number of hydrogen-bond acceptors (Lipinski definition) is 5. The molecule has 1 saturated heterocycles. The molecule has 0 bridgehead atoms. The SMILES string of the molecule is CC.COc1cc(CC(=O)N2CCCCC2C(=O)O)cc(OC)c1OC. The summed E-state index contributed by atoms with van der Waals surface area (Å²) in [7, 11) is 4.53. The van der Waals surface area contributed by atoms with Crippen LogP contribution in [0.5, 0.6) is 17.2 Å². The number of carbonyl (C=O) groups excluding carboxylic acids is 1. The topological polar surface area (TPSA) is 85.3 Å². The number of carboxylic acid groups (broad SMARTS) is 1. The fourth-order valence-electron chi connectivity index (χ4n) is 3.00. The number of methoxy groups -OCH3 is 3. The van der Waals surface area contributed by atoms with Crippen LogP contribution in [-0.2, 0) is 16.0 Å². The number of carboxylic acids is 1. The molecule has 7 nitrogen and oxygen atoms in total. The lowest BCUT2D eigenvalue weighted by atomic mass is 10.0. The molecule has 0 radical (unpaired) electrons. The molecular formula is C19H29NO6. The van der Waals surface area contributed by atoms with E-state index in [0.717, 1.165) is 12.8 Å². The van der Waals surface area contributed by atoms with Gasteiger partial charge in [0.2, 0.25) is 11.7 Å². The summed E-state index contributed by atoms with van der Waals surface area (Å²) in [6, 6.07) is 2.67. The molecule has 0 saturated carbocycles. The van der Waals surface area contributed by atoms with E-state index < -0.39 is 12.0 Å². The molecule has 1 heterocycles. The van der Waals surface area contributed by atoms with Gasteiger partial charge in [-0.15, -0.1) is 0 Å². The molecule has 26 heavy (non-hydrogen) atoms. The Morgan fingerprint density at radius 2 is 1.65 bits per heavy atom. The van der Waals surface area contributed by atoms with Gasteiger partial charge in [-0.1, -0.05) is 13.8 Å². The van der Waals surface area contributed by atoms with Crippen molar-refractivity contribution in [3.63, 3.8) is 0 Å². The van der Waals surface area contributed by atoms with E-state index in [9.17, 15) is 14.7 Å². The Morgan fingerprint density at radius 3 is 2.12 bits per heavy atom. The number of likely N-dealkylation sites (tertiary alicyclic amines) is 1. The summed E-state index contributed by atoms with van der Waals surface area (Å²) in [5, 5.41) is 9.31. The lowest BCUT2D eigenvalue weighted by Crippen LogP contribution is -2.48. The van der Waals surface area contributed by atoms with Gasteiger partial charge in [-0.3, -0.25) is 4.79 Å². The van der Waals surface area contributed by atoms with Gasteiger partial charge in [0.25, 0.3) is 0 Å². The summed E-state index contributed by atoms with van der Waals surface area (Å²) in [6.45, 7) is 4.47. The van der Waals surface area contributed by atoms with E-state index in [2.05, 4.69) is 0 Å². The first-order valence-corrected chi connectivity index (χ1v) is 8.83. The lowest BCUT2D eigenvalue weighted by Gasteiger charge is -2.33. The Hall–Kier alpha value is -2.44. The second-order valence-corrected chi connectivity index (χ2v) is 5.65. The summed E-state index contributed by atoms with van der Waals surface area (Å²) < 4.78 is 15.8. The number of amides is 1. The predicted molar refractivity (Wildman–Crippen MR) is 98.1 cm³/mol. The van der Waals surface area contributed by atoms with E-state index in [1.54, 1.807) is 12.1 Å². The van der Waals surface area contributed by atoms with Gasteiger partial charge in [0.15, 0.2) is 11.5 Å². The van der Waals surface area contributed by atoms with Crippen LogP contribution in [0, 0.1) is 0 Å². The second-order valence-electron chi connectivity index (χ2n) is 5.65. The Balaban J connectivity index is 0.00000163. The van der Waals surface area contributed by atoms with E-state index in [0.29, 0.717) is 35.8 Å². The highest BCUT2D eigenvalue weighted by Gasteiger charge is 2.32. The molecule has 0 aromatic heterocycles. The zero-order chi connectivity index (χ0) is 19.7. The number of nitrogens with zero attached hydrogens (tertiary/aromatic N) is 1. The first-order valence-electron chi connectivity index (χ1n) is 8.83. The van der Waals surface area contributed by atoms with E-state index in [4.69, 9.17) is 14.2 Å². The Morgan fingerprint density at radius 1 is 1.08 bits per heavy atom. The molecule has 1 aromatic carbocycles. The van der Waals surface area contributed by atoms with Gasteiger partial charge in [0, 0.05) is 6.54 Å². The molecule has 1 amide bonds. The van der Waals surface area contributed by atoms with Crippen LogP contribution in [-0.4, -0.2) is 55.8 Å². The van der Waals surface area contributed by atoms with Gasteiger partial charge < -0.3 is 24.2 Å². The molecule has 1 N–H and O–H groups in total. The van der Waals surface area contributed by atoms with Crippen molar-refractivity contribution in [2.24, 2.45) is 0 Å². The van der Waals surface area contributed by atoms with Crippen molar-refractivity contribution in [3.05, 3.63) is 17.7 Å². The monoisotopic (exact) mass is 367 g/mol. The summed E-state index contributed by atoms with van der Waals surface area (Å²) >= 11 is 0. The predicted octanol–water partition coefficient (Wildman–Crippen LogP) is 2.75. The fourth-order valence-corrected chi connectivity index (χ4v) is 3.00. The van der Waals surface area contributed by atoms with Crippen LogP contribution in [0.3, 0.4) is 0 Å². The number of carbonyl (C=O) groups is 2. The molecule has 7 heteroatoms. The lowest BCUT2D eigenvalue weighted by molar-refractivity contribution is -0.151. The van der Waals surface area contributed by atoms with Gasteiger partial charge in [0.1, 0.15) is 6.04 Å². The average Bonchev–Trinajstić information content (AvgIpc) is 2.68. The molecule has 1 aliphatic heterocycles. The Bertz CT molecular complexity index is 591. The molecule has 146 valence electrons. The van der Waals surface area contributed by atoms with Crippen LogP contribution in [0.2, 0.25) is 0 Å². The summed E-state index contributed by atoms with van der Waals surface area (Å²) in [5.41, 5.74) is 0.684. The highest BCUT2D eigenvalue weighted by molar-refractivity contribution is 5.85. The first kappa shape index (κ1) is 21.6. The second kappa shape index (κ2) is 10.5. The van der Waals surface area contributed by atoms with Crippen LogP contribution in [0.1, 0.15) is 38.7 Å². The number of piperidine rings is 1. The van der Waals surface area contributed by atoms with Gasteiger partial charge in [-0.05, 0) is 37.0 Å². The van der Waals surface area contributed by atoms with Crippen molar-refractivity contribution in [3.8, 4) is 17.2 Å². The highest BCUT2D eigenvalue weighted by Crippen LogP contribution is 2.38. The van der Waals surface area contributed by atoms with Gasteiger partial charge >= 0.3 is 5.97 Å². The number of benzene rings is 1. The van der Waals surface area contributed by atoms with Crippen molar-refractivity contribution in [1.82, 2.24) is 4.90 Å². The van der Waals surface area contributed by atoms with Gasteiger partial charge in [0.05, 0.1) is 27.8 Å². The molecule has 1 aliphatic rings. The van der Waals surface area contributed by atoms with Crippen LogP contribution < -0.4 is 14.2 Å². The van der Waals surface area contributed by atoms with E-state index >= 15 is 0 Å². The average molecular weight is 367 g/mol. The van der Waals surface area contributed by atoms with Gasteiger partial charge in [-0.25, -0.2) is 4.79 Å². The number of ether oxygens (including phenoxy) is 3. The third-order valence-corrected chi connectivity index (χ3v) is 4.19. The Kier molecular flexibility index (Phi) is 8.75.